The van der Waals surface area contributed by atoms with E-state index in [0.29, 0.717) is 12.0 Å². The van der Waals surface area contributed by atoms with Crippen molar-refractivity contribution >= 4 is 0 Å². The van der Waals surface area contributed by atoms with E-state index in [-0.39, 0.29) is 11.1 Å². The van der Waals surface area contributed by atoms with Crippen molar-refractivity contribution in [3.05, 3.63) is 0 Å². The third kappa shape index (κ3) is 2.90. The molecular formula is C16H30N2. The van der Waals surface area contributed by atoms with Gasteiger partial charge in [-0.25, -0.2) is 0 Å². The Morgan fingerprint density at radius 1 is 1.39 bits per heavy atom. The lowest BCUT2D eigenvalue weighted by atomic mass is 9.83. The number of terminal acetylenes is 1. The minimum absolute atomic E-state index is 0.160. The van der Waals surface area contributed by atoms with Crippen LogP contribution in [-0.2, 0) is 0 Å². The molecule has 1 saturated heterocycles. The molecule has 0 aromatic heterocycles. The number of rotatable bonds is 4. The van der Waals surface area contributed by atoms with Crippen LogP contribution in [0.5, 0.6) is 0 Å². The maximum atomic E-state index is 5.76. The summed E-state index contributed by atoms with van der Waals surface area (Å²) in [7, 11) is 0. The molecule has 0 amide bonds. The summed E-state index contributed by atoms with van der Waals surface area (Å²) in [5.41, 5.74) is 0.0755. The fraction of sp³-hybridized carbons (Fsp3) is 0.875. The van der Waals surface area contributed by atoms with Crippen LogP contribution in [0.1, 0.15) is 54.4 Å². The molecule has 1 aliphatic heterocycles. The second kappa shape index (κ2) is 5.63. The Balaban J connectivity index is 3.01. The Bertz CT molecular complexity index is 308. The van der Waals surface area contributed by atoms with E-state index in [1.807, 2.05) is 0 Å². The molecule has 1 unspecified atom stereocenters. The molecule has 0 bridgehead atoms. The second-order valence-corrected chi connectivity index (χ2v) is 6.51. The highest BCUT2D eigenvalue weighted by molar-refractivity contribution is 5.13. The van der Waals surface area contributed by atoms with Gasteiger partial charge in [-0.3, -0.25) is 4.90 Å². The summed E-state index contributed by atoms with van der Waals surface area (Å²) in [5, 5.41) is 3.78. The van der Waals surface area contributed by atoms with Gasteiger partial charge in [0.1, 0.15) is 0 Å². The first-order valence-electron chi connectivity index (χ1n) is 7.31. The number of hydrogen-bond acceptors (Lipinski definition) is 2. The van der Waals surface area contributed by atoms with Crippen molar-refractivity contribution in [2.75, 3.05) is 13.1 Å². The average Bonchev–Trinajstić information content (AvgIpc) is 2.37. The largest absolute Gasteiger partial charge is 0.308 e. The molecule has 2 nitrogen and oxygen atoms in total. The number of piperazine rings is 1. The first-order valence-corrected chi connectivity index (χ1v) is 7.31. The van der Waals surface area contributed by atoms with E-state index in [1.165, 1.54) is 0 Å². The van der Waals surface area contributed by atoms with E-state index in [0.717, 1.165) is 25.9 Å². The summed E-state index contributed by atoms with van der Waals surface area (Å²) in [6, 6.07) is 0.530. The zero-order valence-corrected chi connectivity index (χ0v) is 13.0. The van der Waals surface area contributed by atoms with E-state index in [9.17, 15) is 0 Å². The Morgan fingerprint density at radius 2 is 1.94 bits per heavy atom. The van der Waals surface area contributed by atoms with Gasteiger partial charge in [0.05, 0.1) is 5.54 Å². The predicted molar refractivity (Wildman–Crippen MR) is 79.6 cm³/mol. The molecule has 1 N–H and O–H groups in total. The number of hydrogen-bond donors (Lipinski definition) is 1. The average molecular weight is 250 g/mol. The van der Waals surface area contributed by atoms with Gasteiger partial charge in [-0.1, -0.05) is 33.6 Å². The third-order valence-corrected chi connectivity index (χ3v) is 4.75. The molecule has 104 valence electrons. The van der Waals surface area contributed by atoms with E-state index >= 15 is 0 Å². The first-order chi connectivity index (χ1) is 8.32. The van der Waals surface area contributed by atoms with Crippen molar-refractivity contribution in [3.63, 3.8) is 0 Å². The minimum Gasteiger partial charge on any atom is -0.308 e. The molecule has 0 spiro atoms. The molecule has 1 fully saturated rings. The van der Waals surface area contributed by atoms with Gasteiger partial charge < -0.3 is 5.32 Å². The molecule has 18 heavy (non-hydrogen) atoms. The second-order valence-electron chi connectivity index (χ2n) is 6.51. The molecule has 2 heteroatoms. The zero-order chi connectivity index (χ0) is 14.0. The van der Waals surface area contributed by atoms with Gasteiger partial charge >= 0.3 is 0 Å². The maximum Gasteiger partial charge on any atom is 0.0769 e. The first kappa shape index (κ1) is 15.5. The lowest BCUT2D eigenvalue weighted by Gasteiger charge is -2.53. The Labute approximate surface area is 114 Å². The van der Waals surface area contributed by atoms with Gasteiger partial charge in [-0.05, 0) is 32.6 Å². The SMILES string of the molecule is C#CC(C)(C)N1CC(CC)(CC)NCC1C(C)C. The molecule has 0 aliphatic carbocycles. The summed E-state index contributed by atoms with van der Waals surface area (Å²) in [6.45, 7) is 15.6. The normalized spacial score (nSPS) is 25.1. The highest BCUT2D eigenvalue weighted by Gasteiger charge is 2.42. The van der Waals surface area contributed by atoms with E-state index in [1.54, 1.807) is 0 Å². The smallest absolute Gasteiger partial charge is 0.0769 e. The lowest BCUT2D eigenvalue weighted by molar-refractivity contribution is 0.00300. The van der Waals surface area contributed by atoms with E-state index < -0.39 is 0 Å². The highest BCUT2D eigenvalue weighted by Crippen LogP contribution is 2.30. The van der Waals surface area contributed by atoms with Crippen LogP contribution in [0, 0.1) is 18.3 Å². The summed E-state index contributed by atoms with van der Waals surface area (Å²) >= 11 is 0. The lowest BCUT2D eigenvalue weighted by Crippen LogP contribution is -2.68. The fourth-order valence-electron chi connectivity index (χ4n) is 2.94. The Morgan fingerprint density at radius 3 is 2.33 bits per heavy atom. The van der Waals surface area contributed by atoms with Crippen LogP contribution in [0.15, 0.2) is 0 Å². The Kier molecular flexibility index (Phi) is 4.86. The molecule has 1 heterocycles. The van der Waals surface area contributed by atoms with E-state index in [2.05, 4.69) is 57.7 Å². The van der Waals surface area contributed by atoms with Gasteiger partial charge in [0.25, 0.3) is 0 Å². The topological polar surface area (TPSA) is 15.3 Å². The predicted octanol–water partition coefficient (Wildman–Crippen LogP) is 2.89. The molecule has 1 aliphatic rings. The Hall–Kier alpha value is -0.520. The fourth-order valence-corrected chi connectivity index (χ4v) is 2.94. The van der Waals surface area contributed by atoms with Gasteiger partial charge in [-0.2, -0.15) is 0 Å². The summed E-state index contributed by atoms with van der Waals surface area (Å²) in [5.74, 6) is 3.60. The van der Waals surface area contributed by atoms with Gasteiger partial charge in [0.15, 0.2) is 0 Å². The summed E-state index contributed by atoms with van der Waals surface area (Å²) in [4.78, 5) is 2.54. The molecule has 1 rings (SSSR count). The van der Waals surface area contributed by atoms with Crippen LogP contribution in [0.4, 0.5) is 0 Å². The minimum atomic E-state index is -0.160. The van der Waals surface area contributed by atoms with Crippen molar-refractivity contribution in [2.45, 2.75) is 71.5 Å². The number of nitrogens with zero attached hydrogens (tertiary/aromatic N) is 1. The summed E-state index contributed by atoms with van der Waals surface area (Å²) < 4.78 is 0. The molecular weight excluding hydrogens is 220 g/mol. The maximum absolute atomic E-state index is 5.76. The van der Waals surface area contributed by atoms with Gasteiger partial charge in [0, 0.05) is 24.7 Å². The van der Waals surface area contributed by atoms with Crippen molar-refractivity contribution in [1.29, 1.82) is 0 Å². The van der Waals surface area contributed by atoms with Crippen LogP contribution in [-0.4, -0.2) is 35.1 Å². The standard InChI is InChI=1S/C16H30N2/c1-8-15(6,7)18-12-16(9-2,10-3)17-11-14(18)13(4)5/h1,13-14,17H,9-12H2,2-7H3. The van der Waals surface area contributed by atoms with Crippen LogP contribution >= 0.6 is 0 Å². The van der Waals surface area contributed by atoms with Crippen molar-refractivity contribution in [1.82, 2.24) is 10.2 Å². The quantitative estimate of drug-likeness (QED) is 0.772. The monoisotopic (exact) mass is 250 g/mol. The molecule has 0 aromatic carbocycles. The molecule has 0 saturated carbocycles. The van der Waals surface area contributed by atoms with Crippen molar-refractivity contribution < 1.29 is 0 Å². The summed E-state index contributed by atoms with van der Waals surface area (Å²) in [6.07, 6.45) is 8.08. The van der Waals surface area contributed by atoms with Crippen molar-refractivity contribution in [3.8, 4) is 12.3 Å². The molecule has 1 atom stereocenters. The zero-order valence-electron chi connectivity index (χ0n) is 13.0. The van der Waals surface area contributed by atoms with Crippen molar-refractivity contribution in [2.24, 2.45) is 5.92 Å². The third-order valence-electron chi connectivity index (χ3n) is 4.75. The van der Waals surface area contributed by atoms with Gasteiger partial charge in [-0.15, -0.1) is 6.42 Å². The highest BCUT2D eigenvalue weighted by atomic mass is 15.3. The van der Waals surface area contributed by atoms with Crippen LogP contribution < -0.4 is 5.32 Å². The molecule has 0 aromatic rings. The van der Waals surface area contributed by atoms with E-state index in [4.69, 9.17) is 6.42 Å². The van der Waals surface area contributed by atoms with Crippen LogP contribution in [0.3, 0.4) is 0 Å². The van der Waals surface area contributed by atoms with Gasteiger partial charge in [0.2, 0.25) is 0 Å². The van der Waals surface area contributed by atoms with Crippen LogP contribution in [0.2, 0.25) is 0 Å². The molecule has 0 radical (unpaired) electrons. The number of nitrogens with one attached hydrogen (secondary N) is 1. The van der Waals surface area contributed by atoms with Crippen LogP contribution in [0.25, 0.3) is 0 Å².